The number of ether oxygens (including phenoxy) is 1. The molecule has 0 bridgehead atoms. The van der Waals surface area contributed by atoms with E-state index in [1.165, 1.54) is 0 Å². The van der Waals surface area contributed by atoms with E-state index in [2.05, 4.69) is 17.2 Å². The number of urea groups is 1. The summed E-state index contributed by atoms with van der Waals surface area (Å²) in [6, 6.07) is 0.0406. The minimum Gasteiger partial charge on any atom is -0.393 e. The van der Waals surface area contributed by atoms with E-state index in [9.17, 15) is 9.90 Å². The van der Waals surface area contributed by atoms with E-state index >= 15 is 0 Å². The first-order valence-electron chi connectivity index (χ1n) is 6.63. The zero-order valence-corrected chi connectivity index (χ0v) is 10.9. The van der Waals surface area contributed by atoms with E-state index in [0.29, 0.717) is 19.8 Å². The summed E-state index contributed by atoms with van der Waals surface area (Å²) in [6.45, 7) is 5.28. The molecule has 0 atom stereocenters. The lowest BCUT2D eigenvalue weighted by molar-refractivity contribution is 0.117. The minimum atomic E-state index is -0.190. The lowest BCUT2D eigenvalue weighted by atomic mass is 9.93. The van der Waals surface area contributed by atoms with Crippen LogP contribution in [0.3, 0.4) is 0 Å². The van der Waals surface area contributed by atoms with Gasteiger partial charge in [0, 0.05) is 12.6 Å². The third-order valence-electron chi connectivity index (χ3n) is 3.03. The van der Waals surface area contributed by atoms with Crippen LogP contribution in [0.5, 0.6) is 0 Å². The average Bonchev–Trinajstić information content (AvgIpc) is 2.36. The van der Waals surface area contributed by atoms with Crippen LogP contribution in [-0.2, 0) is 4.74 Å². The Bertz CT molecular complexity index is 251. The molecule has 3 N–H and O–H groups in total. The fraction of sp³-hybridized carbons (Fsp3) is 0.769. The molecule has 0 aliphatic heterocycles. The van der Waals surface area contributed by atoms with Gasteiger partial charge in [0.1, 0.15) is 0 Å². The average molecular weight is 256 g/mol. The summed E-state index contributed by atoms with van der Waals surface area (Å²) in [5, 5.41) is 15.0. The number of nitrogens with one attached hydrogen (secondary N) is 2. The number of aliphatic hydroxyl groups excluding tert-OH is 1. The van der Waals surface area contributed by atoms with Crippen molar-refractivity contribution in [1.82, 2.24) is 10.6 Å². The zero-order chi connectivity index (χ0) is 13.2. The molecule has 104 valence electrons. The molecular weight excluding hydrogens is 232 g/mol. The summed E-state index contributed by atoms with van der Waals surface area (Å²) >= 11 is 0. The molecule has 0 radical (unpaired) electrons. The highest BCUT2D eigenvalue weighted by Gasteiger charge is 2.20. The van der Waals surface area contributed by atoms with Gasteiger partial charge in [0.05, 0.1) is 19.3 Å². The van der Waals surface area contributed by atoms with Crippen molar-refractivity contribution >= 4 is 6.03 Å². The van der Waals surface area contributed by atoms with Gasteiger partial charge in [-0.25, -0.2) is 4.79 Å². The second-order valence-corrected chi connectivity index (χ2v) is 4.60. The van der Waals surface area contributed by atoms with E-state index in [1.807, 2.05) is 0 Å². The molecule has 0 unspecified atom stereocenters. The van der Waals surface area contributed by atoms with E-state index in [0.717, 1.165) is 32.1 Å². The van der Waals surface area contributed by atoms with Gasteiger partial charge in [-0.05, 0) is 32.1 Å². The maximum atomic E-state index is 11.5. The fourth-order valence-corrected chi connectivity index (χ4v) is 1.96. The Labute approximate surface area is 109 Å². The Balaban J connectivity index is 1.98. The summed E-state index contributed by atoms with van der Waals surface area (Å²) in [7, 11) is 0. The number of aliphatic hydroxyl groups is 1. The number of hydrogen-bond donors (Lipinski definition) is 3. The summed E-state index contributed by atoms with van der Waals surface area (Å²) in [6.07, 6.45) is 5.69. The molecule has 2 amide bonds. The number of rotatable bonds is 7. The van der Waals surface area contributed by atoms with Crippen molar-refractivity contribution in [2.45, 2.75) is 44.2 Å². The van der Waals surface area contributed by atoms with Gasteiger partial charge in [0.2, 0.25) is 0 Å². The maximum Gasteiger partial charge on any atom is 0.315 e. The lowest BCUT2D eigenvalue weighted by Crippen LogP contribution is -2.45. The molecule has 0 heterocycles. The smallest absolute Gasteiger partial charge is 0.315 e. The fourth-order valence-electron chi connectivity index (χ4n) is 1.96. The molecule has 1 aliphatic carbocycles. The lowest BCUT2D eigenvalue weighted by Gasteiger charge is -2.26. The highest BCUT2D eigenvalue weighted by molar-refractivity contribution is 5.74. The Morgan fingerprint density at radius 2 is 2.06 bits per heavy atom. The Morgan fingerprint density at radius 1 is 1.33 bits per heavy atom. The molecule has 1 rings (SSSR count). The van der Waals surface area contributed by atoms with Crippen molar-refractivity contribution in [3.63, 3.8) is 0 Å². The quantitative estimate of drug-likeness (QED) is 0.473. The summed E-state index contributed by atoms with van der Waals surface area (Å²) in [5.74, 6) is 0. The molecule has 0 aromatic heterocycles. The van der Waals surface area contributed by atoms with Gasteiger partial charge < -0.3 is 20.5 Å². The number of carbonyl (C=O) groups is 1. The van der Waals surface area contributed by atoms with Crippen LogP contribution in [0.2, 0.25) is 0 Å². The first-order chi connectivity index (χ1) is 8.72. The van der Waals surface area contributed by atoms with Crippen molar-refractivity contribution in [1.29, 1.82) is 0 Å². The molecule has 1 saturated carbocycles. The van der Waals surface area contributed by atoms with Gasteiger partial charge in [-0.1, -0.05) is 6.08 Å². The summed E-state index contributed by atoms with van der Waals surface area (Å²) in [4.78, 5) is 11.5. The molecule has 1 aliphatic rings. The molecule has 0 saturated heterocycles. The third kappa shape index (κ3) is 6.61. The van der Waals surface area contributed by atoms with Crippen LogP contribution < -0.4 is 10.6 Å². The zero-order valence-electron chi connectivity index (χ0n) is 10.9. The highest BCUT2D eigenvalue weighted by Crippen LogP contribution is 2.17. The standard InChI is InChI=1S/C13H24N2O3/c1-2-3-9-18-10-8-14-13(17)15-11-4-6-12(16)7-5-11/h2,11-12,16H,1,3-10H2,(H2,14,15,17). The molecule has 0 spiro atoms. The van der Waals surface area contributed by atoms with Crippen LogP contribution in [0.1, 0.15) is 32.1 Å². The van der Waals surface area contributed by atoms with Crippen molar-refractivity contribution in [2.24, 2.45) is 0 Å². The van der Waals surface area contributed by atoms with Crippen LogP contribution in [0, 0.1) is 0 Å². The SMILES string of the molecule is C=CCCOCCNC(=O)NC1CCC(O)CC1. The van der Waals surface area contributed by atoms with Crippen molar-refractivity contribution < 1.29 is 14.6 Å². The van der Waals surface area contributed by atoms with Crippen LogP contribution in [-0.4, -0.2) is 43.0 Å². The van der Waals surface area contributed by atoms with Crippen molar-refractivity contribution in [2.75, 3.05) is 19.8 Å². The Morgan fingerprint density at radius 3 is 2.72 bits per heavy atom. The molecule has 5 heteroatoms. The topological polar surface area (TPSA) is 70.6 Å². The summed E-state index contributed by atoms with van der Waals surface area (Å²) in [5.41, 5.74) is 0. The van der Waals surface area contributed by atoms with Crippen molar-refractivity contribution in [3.05, 3.63) is 12.7 Å². The van der Waals surface area contributed by atoms with Crippen LogP contribution in [0.15, 0.2) is 12.7 Å². The van der Waals surface area contributed by atoms with Gasteiger partial charge in [-0.3, -0.25) is 0 Å². The molecule has 0 aromatic carbocycles. The second kappa shape index (κ2) is 8.94. The Hall–Kier alpha value is -1.07. The first-order valence-corrected chi connectivity index (χ1v) is 6.63. The maximum absolute atomic E-state index is 11.5. The van der Waals surface area contributed by atoms with E-state index in [1.54, 1.807) is 6.08 Å². The molecule has 18 heavy (non-hydrogen) atoms. The van der Waals surface area contributed by atoms with Gasteiger partial charge in [-0.15, -0.1) is 6.58 Å². The van der Waals surface area contributed by atoms with Gasteiger partial charge in [0.25, 0.3) is 0 Å². The normalized spacial score (nSPS) is 23.4. The van der Waals surface area contributed by atoms with E-state index < -0.39 is 0 Å². The number of carbonyl (C=O) groups excluding carboxylic acids is 1. The largest absolute Gasteiger partial charge is 0.393 e. The van der Waals surface area contributed by atoms with Crippen LogP contribution >= 0.6 is 0 Å². The van der Waals surface area contributed by atoms with Crippen LogP contribution in [0.4, 0.5) is 4.79 Å². The minimum absolute atomic E-state index is 0.149. The van der Waals surface area contributed by atoms with Gasteiger partial charge in [-0.2, -0.15) is 0 Å². The van der Waals surface area contributed by atoms with Crippen LogP contribution in [0.25, 0.3) is 0 Å². The molecule has 5 nitrogen and oxygen atoms in total. The predicted octanol–water partition coefficient (Wildman–Crippen LogP) is 1.18. The molecule has 0 aromatic rings. The monoisotopic (exact) mass is 256 g/mol. The predicted molar refractivity (Wildman–Crippen MR) is 70.4 cm³/mol. The molecule has 1 fully saturated rings. The second-order valence-electron chi connectivity index (χ2n) is 4.60. The number of hydrogen-bond acceptors (Lipinski definition) is 3. The summed E-state index contributed by atoms with van der Waals surface area (Å²) < 4.78 is 5.28. The van der Waals surface area contributed by atoms with Crippen molar-refractivity contribution in [3.8, 4) is 0 Å². The third-order valence-corrected chi connectivity index (χ3v) is 3.03. The number of amides is 2. The van der Waals surface area contributed by atoms with E-state index in [4.69, 9.17) is 4.74 Å². The van der Waals surface area contributed by atoms with E-state index in [-0.39, 0.29) is 18.2 Å². The Kier molecular flexibility index (Phi) is 7.44. The molecular formula is C13H24N2O3. The van der Waals surface area contributed by atoms with Gasteiger partial charge in [0.15, 0.2) is 0 Å². The highest BCUT2D eigenvalue weighted by atomic mass is 16.5. The van der Waals surface area contributed by atoms with Gasteiger partial charge >= 0.3 is 6.03 Å². The first kappa shape index (κ1) is 15.0.